The van der Waals surface area contributed by atoms with Crippen LogP contribution in [0.2, 0.25) is 0 Å². The van der Waals surface area contributed by atoms with Crippen molar-refractivity contribution >= 4 is 11.9 Å². The predicted molar refractivity (Wildman–Crippen MR) is 65.5 cm³/mol. The lowest BCUT2D eigenvalue weighted by Gasteiger charge is -2.23. The van der Waals surface area contributed by atoms with Gasteiger partial charge < -0.3 is 9.47 Å². The lowest BCUT2D eigenvalue weighted by Crippen LogP contribution is -2.30. The zero-order chi connectivity index (χ0) is 13.9. The summed E-state index contributed by atoms with van der Waals surface area (Å²) in [5.41, 5.74) is -1.05. The van der Waals surface area contributed by atoms with Gasteiger partial charge in [-0.2, -0.15) is 0 Å². The van der Waals surface area contributed by atoms with Crippen LogP contribution in [0.25, 0.3) is 0 Å². The monoisotopic (exact) mass is 244 g/mol. The minimum atomic E-state index is -0.528. The Balaban J connectivity index is 4.22. The number of carbonyl (C=O) groups is 2. The van der Waals surface area contributed by atoms with Gasteiger partial charge in [0.25, 0.3) is 0 Å². The molecule has 0 saturated carbocycles. The van der Waals surface area contributed by atoms with E-state index < -0.39 is 17.1 Å². The van der Waals surface area contributed by atoms with Gasteiger partial charge >= 0.3 is 11.9 Å². The van der Waals surface area contributed by atoms with Crippen molar-refractivity contribution in [3.8, 4) is 0 Å². The second kappa shape index (κ2) is 5.52. The molecular formula is C13H24O4. The van der Waals surface area contributed by atoms with Crippen molar-refractivity contribution < 1.29 is 19.1 Å². The Morgan fingerprint density at radius 3 is 1.71 bits per heavy atom. The van der Waals surface area contributed by atoms with E-state index in [2.05, 4.69) is 0 Å². The highest BCUT2D eigenvalue weighted by Gasteiger charge is 2.26. The van der Waals surface area contributed by atoms with Crippen LogP contribution >= 0.6 is 0 Å². The van der Waals surface area contributed by atoms with Crippen LogP contribution in [-0.2, 0) is 19.1 Å². The first-order valence-corrected chi connectivity index (χ1v) is 5.85. The SMILES string of the molecule is C[C@@H](CC(=O)OC(C)(C)C)C(=O)OC(C)(C)C. The molecule has 4 heteroatoms. The number of hydrogen-bond acceptors (Lipinski definition) is 4. The van der Waals surface area contributed by atoms with E-state index in [1.807, 2.05) is 0 Å². The van der Waals surface area contributed by atoms with E-state index in [-0.39, 0.29) is 18.4 Å². The van der Waals surface area contributed by atoms with Crippen molar-refractivity contribution in [1.29, 1.82) is 0 Å². The first kappa shape index (κ1) is 15.9. The van der Waals surface area contributed by atoms with Gasteiger partial charge in [0.05, 0.1) is 12.3 Å². The van der Waals surface area contributed by atoms with Crippen LogP contribution in [0.15, 0.2) is 0 Å². The molecule has 0 aliphatic heterocycles. The fourth-order valence-electron chi connectivity index (χ4n) is 1.12. The molecule has 0 N–H and O–H groups in total. The summed E-state index contributed by atoms with van der Waals surface area (Å²) in [5, 5.41) is 0. The molecule has 0 amide bonds. The first-order chi connectivity index (χ1) is 7.41. The van der Waals surface area contributed by atoms with Crippen molar-refractivity contribution in [2.45, 2.75) is 66.1 Å². The summed E-state index contributed by atoms with van der Waals surface area (Å²) in [6, 6.07) is 0. The van der Waals surface area contributed by atoms with Crippen LogP contribution in [0.3, 0.4) is 0 Å². The van der Waals surface area contributed by atoms with Gasteiger partial charge in [-0.1, -0.05) is 6.92 Å². The van der Waals surface area contributed by atoms with Gasteiger partial charge in [0.15, 0.2) is 0 Å². The van der Waals surface area contributed by atoms with E-state index in [0.717, 1.165) is 0 Å². The molecule has 0 bridgehead atoms. The third-order valence-corrected chi connectivity index (χ3v) is 1.70. The third-order valence-electron chi connectivity index (χ3n) is 1.70. The zero-order valence-electron chi connectivity index (χ0n) is 11.9. The minimum absolute atomic E-state index is 0.0478. The Bertz CT molecular complexity index is 281. The summed E-state index contributed by atoms with van der Waals surface area (Å²) >= 11 is 0. The normalized spacial score (nSPS) is 14.1. The molecule has 0 aliphatic carbocycles. The molecule has 0 aliphatic rings. The van der Waals surface area contributed by atoms with Gasteiger partial charge in [0.2, 0.25) is 0 Å². The first-order valence-electron chi connectivity index (χ1n) is 5.85. The molecule has 0 aromatic heterocycles. The lowest BCUT2D eigenvalue weighted by molar-refractivity contribution is -0.166. The maximum absolute atomic E-state index is 11.6. The largest absolute Gasteiger partial charge is 0.460 e. The standard InChI is InChI=1S/C13H24O4/c1-9(11(15)17-13(5,6)7)8-10(14)16-12(2,3)4/h9H,8H2,1-7H3/t9-/m0/s1. The quantitative estimate of drug-likeness (QED) is 0.716. The Morgan fingerprint density at radius 2 is 1.35 bits per heavy atom. The minimum Gasteiger partial charge on any atom is -0.460 e. The fourth-order valence-corrected chi connectivity index (χ4v) is 1.12. The van der Waals surface area contributed by atoms with Crippen LogP contribution in [0, 0.1) is 5.92 Å². The Labute approximate surface area is 104 Å². The summed E-state index contributed by atoms with van der Waals surface area (Å²) in [4.78, 5) is 23.1. The van der Waals surface area contributed by atoms with E-state index in [1.54, 1.807) is 48.5 Å². The molecule has 0 unspecified atom stereocenters. The summed E-state index contributed by atoms with van der Waals surface area (Å²) in [5.74, 6) is -1.23. The lowest BCUT2D eigenvalue weighted by atomic mass is 10.1. The fraction of sp³-hybridized carbons (Fsp3) is 0.846. The molecule has 0 spiro atoms. The summed E-state index contributed by atoms with van der Waals surface area (Å²) in [7, 11) is 0. The number of carbonyl (C=O) groups excluding carboxylic acids is 2. The van der Waals surface area contributed by atoms with Gasteiger partial charge in [-0.05, 0) is 41.5 Å². The van der Waals surface area contributed by atoms with E-state index in [0.29, 0.717) is 0 Å². The summed E-state index contributed by atoms with van der Waals surface area (Å²) in [6.45, 7) is 12.4. The van der Waals surface area contributed by atoms with Gasteiger partial charge in [0.1, 0.15) is 11.2 Å². The van der Waals surface area contributed by atoms with Crippen LogP contribution in [0.5, 0.6) is 0 Å². The Hall–Kier alpha value is -1.06. The molecular weight excluding hydrogens is 220 g/mol. The van der Waals surface area contributed by atoms with Gasteiger partial charge in [-0.25, -0.2) is 0 Å². The molecule has 17 heavy (non-hydrogen) atoms. The molecule has 0 rings (SSSR count). The summed E-state index contributed by atoms with van der Waals surface area (Å²) in [6.07, 6.45) is 0.0478. The summed E-state index contributed by atoms with van der Waals surface area (Å²) < 4.78 is 10.3. The smallest absolute Gasteiger partial charge is 0.309 e. The van der Waals surface area contributed by atoms with Crippen molar-refractivity contribution in [2.24, 2.45) is 5.92 Å². The molecule has 0 heterocycles. The van der Waals surface area contributed by atoms with Crippen molar-refractivity contribution in [3.63, 3.8) is 0 Å². The van der Waals surface area contributed by atoms with Gasteiger partial charge in [-0.15, -0.1) is 0 Å². The van der Waals surface area contributed by atoms with Crippen molar-refractivity contribution in [3.05, 3.63) is 0 Å². The van der Waals surface area contributed by atoms with E-state index in [9.17, 15) is 9.59 Å². The Kier molecular flexibility index (Phi) is 5.17. The topological polar surface area (TPSA) is 52.6 Å². The number of hydrogen-bond donors (Lipinski definition) is 0. The van der Waals surface area contributed by atoms with Gasteiger partial charge in [-0.3, -0.25) is 9.59 Å². The molecule has 0 aromatic rings. The number of rotatable bonds is 3. The molecule has 0 fully saturated rings. The molecule has 4 nitrogen and oxygen atoms in total. The van der Waals surface area contributed by atoms with E-state index in [4.69, 9.17) is 9.47 Å². The second-order valence-corrected chi connectivity index (χ2v) is 6.23. The number of esters is 2. The van der Waals surface area contributed by atoms with Crippen molar-refractivity contribution in [2.75, 3.05) is 0 Å². The molecule has 0 saturated heterocycles. The van der Waals surface area contributed by atoms with E-state index >= 15 is 0 Å². The highest BCUT2D eigenvalue weighted by Crippen LogP contribution is 2.16. The molecule has 0 radical (unpaired) electrons. The maximum Gasteiger partial charge on any atom is 0.309 e. The molecule has 0 aromatic carbocycles. The van der Waals surface area contributed by atoms with Crippen LogP contribution < -0.4 is 0 Å². The van der Waals surface area contributed by atoms with Crippen LogP contribution in [-0.4, -0.2) is 23.1 Å². The van der Waals surface area contributed by atoms with Gasteiger partial charge in [0, 0.05) is 0 Å². The average Bonchev–Trinajstić information content (AvgIpc) is 1.95. The predicted octanol–water partition coefficient (Wildman–Crippen LogP) is 2.70. The second-order valence-electron chi connectivity index (χ2n) is 6.23. The highest BCUT2D eigenvalue weighted by molar-refractivity contribution is 5.80. The van der Waals surface area contributed by atoms with E-state index in [1.165, 1.54) is 0 Å². The molecule has 1 atom stereocenters. The molecule has 100 valence electrons. The Morgan fingerprint density at radius 1 is 0.941 bits per heavy atom. The zero-order valence-corrected chi connectivity index (χ0v) is 11.9. The number of ether oxygens (including phenoxy) is 2. The highest BCUT2D eigenvalue weighted by atomic mass is 16.6. The third kappa shape index (κ3) is 8.72. The average molecular weight is 244 g/mol. The maximum atomic E-state index is 11.6. The van der Waals surface area contributed by atoms with Crippen LogP contribution in [0.1, 0.15) is 54.9 Å². The van der Waals surface area contributed by atoms with Crippen molar-refractivity contribution in [1.82, 2.24) is 0 Å². The van der Waals surface area contributed by atoms with Crippen LogP contribution in [0.4, 0.5) is 0 Å².